The van der Waals surface area contributed by atoms with Gasteiger partial charge in [-0.2, -0.15) is 0 Å². The monoisotopic (exact) mass is 132 g/mol. The van der Waals surface area contributed by atoms with Gasteiger partial charge in [0.05, 0.1) is 0 Å². The highest BCUT2D eigenvalue weighted by Gasteiger charge is 2.30. The van der Waals surface area contributed by atoms with Crippen LogP contribution in [-0.2, 0) is 0 Å². The average Bonchev–Trinajstić information content (AvgIpc) is 2.20. The normalized spacial score (nSPS) is 27.0. The standard InChI is InChI=1S/C9H13B/c1-9(2)5-7-3-4-10-8(7)6-9/h3-4,10H,5-6H2,1-2H3. The second kappa shape index (κ2) is 1.78. The zero-order valence-corrected chi connectivity index (χ0v) is 6.78. The van der Waals surface area contributed by atoms with Crippen molar-refractivity contribution in [1.29, 1.82) is 0 Å². The molecule has 0 amide bonds. The molecule has 0 spiro atoms. The Morgan fingerprint density at radius 3 is 2.90 bits per heavy atom. The zero-order chi connectivity index (χ0) is 7.19. The van der Waals surface area contributed by atoms with Crippen LogP contribution >= 0.6 is 0 Å². The molecule has 0 unspecified atom stereocenters. The van der Waals surface area contributed by atoms with Gasteiger partial charge in [0, 0.05) is 0 Å². The third kappa shape index (κ3) is 0.846. The van der Waals surface area contributed by atoms with Crippen LogP contribution in [0.3, 0.4) is 0 Å². The van der Waals surface area contributed by atoms with Gasteiger partial charge in [-0.15, -0.1) is 5.98 Å². The van der Waals surface area contributed by atoms with E-state index in [2.05, 4.69) is 25.9 Å². The second-order valence-electron chi connectivity index (χ2n) is 4.25. The van der Waals surface area contributed by atoms with Crippen LogP contribution in [0, 0.1) is 5.41 Å². The smallest absolute Gasteiger partial charge is 0.114 e. The van der Waals surface area contributed by atoms with Crippen molar-refractivity contribution < 1.29 is 0 Å². The third-order valence-corrected chi connectivity index (χ3v) is 2.50. The molecule has 0 aromatic rings. The fourth-order valence-electron chi connectivity index (χ4n) is 2.12. The molecule has 2 aliphatic rings. The molecule has 0 N–H and O–H groups in total. The first-order valence-corrected chi connectivity index (χ1v) is 4.05. The third-order valence-electron chi connectivity index (χ3n) is 2.50. The van der Waals surface area contributed by atoms with Crippen LogP contribution in [0.15, 0.2) is 23.1 Å². The van der Waals surface area contributed by atoms with Gasteiger partial charge in [0.15, 0.2) is 7.28 Å². The van der Waals surface area contributed by atoms with Crippen molar-refractivity contribution in [2.24, 2.45) is 5.41 Å². The van der Waals surface area contributed by atoms with Crippen molar-refractivity contribution in [2.75, 3.05) is 0 Å². The highest BCUT2D eigenvalue weighted by molar-refractivity contribution is 6.53. The Morgan fingerprint density at radius 2 is 2.20 bits per heavy atom. The molecule has 0 saturated heterocycles. The summed E-state index contributed by atoms with van der Waals surface area (Å²) in [6.45, 7) is 4.72. The topological polar surface area (TPSA) is 0 Å². The molecule has 0 aromatic carbocycles. The minimum absolute atomic E-state index is 0.565. The maximum absolute atomic E-state index is 2.36. The Hall–Kier alpha value is -0.455. The predicted octanol–water partition coefficient (Wildman–Crippen LogP) is 2.02. The zero-order valence-electron chi connectivity index (χ0n) is 6.78. The van der Waals surface area contributed by atoms with Crippen molar-refractivity contribution in [3.8, 4) is 0 Å². The number of hydrogen-bond donors (Lipinski definition) is 0. The van der Waals surface area contributed by atoms with Crippen molar-refractivity contribution in [1.82, 2.24) is 0 Å². The molecular weight excluding hydrogens is 119 g/mol. The van der Waals surface area contributed by atoms with Gasteiger partial charge >= 0.3 is 0 Å². The van der Waals surface area contributed by atoms with E-state index in [1.165, 1.54) is 20.1 Å². The highest BCUT2D eigenvalue weighted by atomic mass is 14.3. The molecule has 52 valence electrons. The van der Waals surface area contributed by atoms with Crippen molar-refractivity contribution >= 4 is 7.28 Å². The summed E-state index contributed by atoms with van der Waals surface area (Å²) in [5, 5.41) is 0. The van der Waals surface area contributed by atoms with Crippen LogP contribution in [0.5, 0.6) is 0 Å². The Bertz CT molecular complexity index is 221. The van der Waals surface area contributed by atoms with Gasteiger partial charge in [0.25, 0.3) is 0 Å². The fraction of sp³-hybridized carbons (Fsp3) is 0.556. The summed E-state index contributed by atoms with van der Waals surface area (Å²) in [5.74, 6) is 2.29. The quantitative estimate of drug-likeness (QED) is 0.442. The predicted molar refractivity (Wildman–Crippen MR) is 46.3 cm³/mol. The van der Waals surface area contributed by atoms with E-state index in [0.29, 0.717) is 5.41 Å². The summed E-state index contributed by atoms with van der Waals surface area (Å²) < 4.78 is 0. The van der Waals surface area contributed by atoms with Crippen LogP contribution in [0.2, 0.25) is 0 Å². The lowest BCUT2D eigenvalue weighted by Gasteiger charge is -2.17. The number of rotatable bonds is 0. The molecule has 0 bridgehead atoms. The van der Waals surface area contributed by atoms with E-state index in [4.69, 9.17) is 0 Å². The molecule has 1 aliphatic heterocycles. The molecule has 0 nitrogen and oxygen atoms in total. The summed E-state index contributed by atoms with van der Waals surface area (Å²) in [6.07, 6.45) is 4.94. The van der Waals surface area contributed by atoms with Crippen LogP contribution in [-0.4, -0.2) is 7.28 Å². The highest BCUT2D eigenvalue weighted by Crippen LogP contribution is 2.42. The summed E-state index contributed by atoms with van der Waals surface area (Å²) in [5.41, 5.74) is 3.89. The first-order chi connectivity index (χ1) is 4.67. The Labute approximate surface area is 63.3 Å². The largest absolute Gasteiger partial charge is 0.178 e. The lowest BCUT2D eigenvalue weighted by molar-refractivity contribution is 0.393. The van der Waals surface area contributed by atoms with Gasteiger partial charge < -0.3 is 0 Å². The molecule has 0 aromatic heterocycles. The van der Waals surface area contributed by atoms with Gasteiger partial charge in [-0.1, -0.05) is 31.0 Å². The second-order valence-corrected chi connectivity index (χ2v) is 4.25. The van der Waals surface area contributed by atoms with Crippen molar-refractivity contribution in [3.05, 3.63) is 23.1 Å². The number of hydrogen-bond acceptors (Lipinski definition) is 0. The molecule has 0 atom stereocenters. The van der Waals surface area contributed by atoms with E-state index < -0.39 is 0 Å². The molecule has 0 radical (unpaired) electrons. The lowest BCUT2D eigenvalue weighted by Crippen LogP contribution is -2.06. The van der Waals surface area contributed by atoms with E-state index in [1.54, 1.807) is 11.0 Å². The molecule has 1 aliphatic carbocycles. The van der Waals surface area contributed by atoms with Crippen LogP contribution < -0.4 is 0 Å². The molecular formula is C9H13B. The van der Waals surface area contributed by atoms with E-state index in [9.17, 15) is 0 Å². The lowest BCUT2D eigenvalue weighted by atomic mass is 9.69. The number of allylic oxidation sites excluding steroid dienone is 3. The minimum Gasteiger partial charge on any atom is -0.114 e. The first kappa shape index (κ1) is 6.27. The fourth-order valence-corrected chi connectivity index (χ4v) is 2.12. The van der Waals surface area contributed by atoms with Gasteiger partial charge in [0.1, 0.15) is 0 Å². The molecule has 0 saturated carbocycles. The minimum atomic E-state index is 0.565. The summed E-state index contributed by atoms with van der Waals surface area (Å²) in [6, 6.07) is 0. The van der Waals surface area contributed by atoms with E-state index in [0.717, 1.165) is 0 Å². The molecule has 2 rings (SSSR count). The molecule has 0 fully saturated rings. The Morgan fingerprint density at radius 1 is 1.40 bits per heavy atom. The van der Waals surface area contributed by atoms with Gasteiger partial charge in [-0.25, -0.2) is 0 Å². The van der Waals surface area contributed by atoms with Gasteiger partial charge in [0.2, 0.25) is 0 Å². The Balaban J connectivity index is 2.23. The SMILES string of the molecule is CC1(C)CC2=C(C=CB2)C1. The molecule has 1 heterocycles. The summed E-state index contributed by atoms with van der Waals surface area (Å²) >= 11 is 0. The van der Waals surface area contributed by atoms with E-state index in [1.807, 2.05) is 0 Å². The van der Waals surface area contributed by atoms with Crippen LogP contribution in [0.1, 0.15) is 26.7 Å². The first-order valence-electron chi connectivity index (χ1n) is 4.05. The van der Waals surface area contributed by atoms with Crippen LogP contribution in [0.25, 0.3) is 0 Å². The molecule has 1 heteroatoms. The average molecular weight is 132 g/mol. The maximum Gasteiger partial charge on any atom is 0.178 e. The molecule has 10 heavy (non-hydrogen) atoms. The summed E-state index contributed by atoms with van der Waals surface area (Å²) in [7, 11) is 1.23. The summed E-state index contributed by atoms with van der Waals surface area (Å²) in [4.78, 5) is 0. The van der Waals surface area contributed by atoms with E-state index in [-0.39, 0.29) is 0 Å². The maximum atomic E-state index is 2.36. The van der Waals surface area contributed by atoms with Crippen molar-refractivity contribution in [2.45, 2.75) is 26.7 Å². The van der Waals surface area contributed by atoms with Gasteiger partial charge in [-0.05, 0) is 18.3 Å². The Kier molecular flexibility index (Phi) is 1.11. The van der Waals surface area contributed by atoms with Crippen molar-refractivity contribution in [3.63, 3.8) is 0 Å². The van der Waals surface area contributed by atoms with Gasteiger partial charge in [-0.3, -0.25) is 0 Å². The van der Waals surface area contributed by atoms with Crippen LogP contribution in [0.4, 0.5) is 0 Å². The van der Waals surface area contributed by atoms with E-state index >= 15 is 0 Å².